The van der Waals surface area contributed by atoms with Crippen molar-refractivity contribution in [3.05, 3.63) is 11.7 Å². The number of nitrogens with zero attached hydrogens (tertiary/aromatic N) is 2. The lowest BCUT2D eigenvalue weighted by atomic mass is 10.1. The van der Waals surface area contributed by atoms with E-state index in [1.54, 1.807) is 6.92 Å². The number of hydrogen-bond donors (Lipinski definition) is 0. The molecule has 2 atom stereocenters. The number of aromatic nitrogens is 2. The molecule has 0 bridgehead atoms. The minimum absolute atomic E-state index is 0.0173. The van der Waals surface area contributed by atoms with Crippen molar-refractivity contribution < 1.29 is 14.1 Å². The normalized spacial score (nSPS) is 14.6. The van der Waals surface area contributed by atoms with Crippen LogP contribution in [0.15, 0.2) is 4.52 Å². The molecule has 0 aliphatic heterocycles. The standard InChI is InChI=1S/C12H20N2O3/c1-5-7-10(16-6-2)11-13-12(17-14-11)8(3)9(4)15/h8,10H,5-7H2,1-4H3. The van der Waals surface area contributed by atoms with E-state index >= 15 is 0 Å². The first kappa shape index (κ1) is 13.8. The minimum atomic E-state index is -0.347. The van der Waals surface area contributed by atoms with E-state index in [9.17, 15) is 4.79 Å². The van der Waals surface area contributed by atoms with E-state index in [0.29, 0.717) is 18.3 Å². The number of carbonyl (C=O) groups is 1. The second-order valence-electron chi connectivity index (χ2n) is 4.06. The second-order valence-corrected chi connectivity index (χ2v) is 4.06. The maximum Gasteiger partial charge on any atom is 0.237 e. The van der Waals surface area contributed by atoms with Gasteiger partial charge >= 0.3 is 0 Å². The monoisotopic (exact) mass is 240 g/mol. The summed E-state index contributed by atoms with van der Waals surface area (Å²) in [5.74, 6) is 0.578. The summed E-state index contributed by atoms with van der Waals surface area (Å²) in [4.78, 5) is 15.5. The fraction of sp³-hybridized carbons (Fsp3) is 0.750. The zero-order chi connectivity index (χ0) is 12.8. The van der Waals surface area contributed by atoms with Crippen molar-refractivity contribution >= 4 is 5.78 Å². The van der Waals surface area contributed by atoms with Gasteiger partial charge in [0.15, 0.2) is 0 Å². The van der Waals surface area contributed by atoms with Crippen LogP contribution in [0.2, 0.25) is 0 Å². The maximum absolute atomic E-state index is 11.2. The van der Waals surface area contributed by atoms with Gasteiger partial charge in [0.05, 0.1) is 5.92 Å². The molecule has 1 aromatic rings. The van der Waals surface area contributed by atoms with Gasteiger partial charge in [0.2, 0.25) is 11.7 Å². The van der Waals surface area contributed by atoms with Crippen molar-refractivity contribution in [1.82, 2.24) is 10.1 Å². The highest BCUT2D eigenvalue weighted by atomic mass is 16.5. The summed E-state index contributed by atoms with van der Waals surface area (Å²) in [7, 11) is 0. The zero-order valence-corrected chi connectivity index (χ0v) is 10.9. The summed E-state index contributed by atoms with van der Waals surface area (Å²) in [5, 5.41) is 3.89. The van der Waals surface area contributed by atoms with Crippen molar-refractivity contribution in [2.45, 2.75) is 52.6 Å². The van der Waals surface area contributed by atoms with Gasteiger partial charge in [-0.15, -0.1) is 0 Å². The predicted molar refractivity (Wildman–Crippen MR) is 62.7 cm³/mol. The molecule has 0 saturated carbocycles. The molecule has 0 aliphatic carbocycles. The molecule has 0 aromatic carbocycles. The molecule has 0 N–H and O–H groups in total. The van der Waals surface area contributed by atoms with Gasteiger partial charge in [-0.05, 0) is 27.2 Å². The fourth-order valence-corrected chi connectivity index (χ4v) is 1.48. The number of rotatable bonds is 7. The van der Waals surface area contributed by atoms with Crippen LogP contribution in [-0.2, 0) is 9.53 Å². The maximum atomic E-state index is 11.2. The van der Waals surface area contributed by atoms with Gasteiger partial charge in [-0.2, -0.15) is 4.98 Å². The highest BCUT2D eigenvalue weighted by molar-refractivity contribution is 5.81. The molecule has 96 valence electrons. The Bertz CT molecular complexity index is 356. The SMILES string of the molecule is CCCC(OCC)c1noc(C(C)C(C)=O)n1. The Morgan fingerprint density at radius 3 is 2.71 bits per heavy atom. The van der Waals surface area contributed by atoms with Crippen LogP contribution in [0.25, 0.3) is 0 Å². The molecule has 1 rings (SSSR count). The van der Waals surface area contributed by atoms with E-state index in [1.807, 2.05) is 6.92 Å². The fourth-order valence-electron chi connectivity index (χ4n) is 1.48. The van der Waals surface area contributed by atoms with Crippen molar-refractivity contribution in [2.75, 3.05) is 6.61 Å². The van der Waals surface area contributed by atoms with Gasteiger partial charge in [-0.25, -0.2) is 0 Å². The highest BCUT2D eigenvalue weighted by Gasteiger charge is 2.22. The summed E-state index contributed by atoms with van der Waals surface area (Å²) in [6.07, 6.45) is 1.69. The van der Waals surface area contributed by atoms with Crippen LogP contribution in [0.4, 0.5) is 0 Å². The summed E-state index contributed by atoms with van der Waals surface area (Å²) in [5.41, 5.74) is 0. The van der Waals surface area contributed by atoms with Crippen molar-refractivity contribution in [3.63, 3.8) is 0 Å². The Morgan fingerprint density at radius 2 is 2.18 bits per heavy atom. The lowest BCUT2D eigenvalue weighted by Gasteiger charge is -2.11. The van der Waals surface area contributed by atoms with Crippen molar-refractivity contribution in [1.29, 1.82) is 0 Å². The van der Waals surface area contributed by atoms with Gasteiger partial charge in [0.25, 0.3) is 0 Å². The molecule has 5 heteroatoms. The van der Waals surface area contributed by atoms with Crippen LogP contribution in [-0.4, -0.2) is 22.5 Å². The van der Waals surface area contributed by atoms with E-state index in [1.165, 1.54) is 6.92 Å². The van der Waals surface area contributed by atoms with E-state index in [0.717, 1.165) is 12.8 Å². The average molecular weight is 240 g/mol. The molecule has 0 fully saturated rings. The summed E-state index contributed by atoms with van der Waals surface area (Å²) < 4.78 is 10.7. The van der Waals surface area contributed by atoms with Crippen LogP contribution in [0.3, 0.4) is 0 Å². The largest absolute Gasteiger partial charge is 0.370 e. The third-order valence-electron chi connectivity index (χ3n) is 2.64. The molecule has 17 heavy (non-hydrogen) atoms. The Balaban J connectivity index is 2.80. The molecule has 1 aromatic heterocycles. The minimum Gasteiger partial charge on any atom is -0.370 e. The smallest absolute Gasteiger partial charge is 0.237 e. The Hall–Kier alpha value is -1.23. The Kier molecular flexibility index (Phi) is 5.28. The molecular weight excluding hydrogens is 220 g/mol. The number of ether oxygens (including phenoxy) is 1. The molecule has 0 amide bonds. The van der Waals surface area contributed by atoms with Gasteiger partial charge in [0, 0.05) is 6.61 Å². The van der Waals surface area contributed by atoms with Crippen molar-refractivity contribution in [3.8, 4) is 0 Å². The van der Waals surface area contributed by atoms with E-state index in [4.69, 9.17) is 9.26 Å². The van der Waals surface area contributed by atoms with Crippen molar-refractivity contribution in [2.24, 2.45) is 0 Å². The zero-order valence-electron chi connectivity index (χ0n) is 10.9. The highest BCUT2D eigenvalue weighted by Crippen LogP contribution is 2.22. The third kappa shape index (κ3) is 3.63. The third-order valence-corrected chi connectivity index (χ3v) is 2.64. The summed E-state index contributed by atoms with van der Waals surface area (Å²) in [6, 6.07) is 0. The van der Waals surface area contributed by atoms with E-state index in [2.05, 4.69) is 17.1 Å². The second kappa shape index (κ2) is 6.49. The molecule has 0 spiro atoms. The van der Waals surface area contributed by atoms with Crippen LogP contribution in [0.1, 0.15) is 64.3 Å². The molecule has 1 heterocycles. The first-order valence-electron chi connectivity index (χ1n) is 6.05. The molecule has 0 aliphatic rings. The Labute approximate surface area is 102 Å². The number of ketones is 1. The Morgan fingerprint density at radius 1 is 1.47 bits per heavy atom. The summed E-state index contributed by atoms with van der Waals surface area (Å²) >= 11 is 0. The first-order valence-corrected chi connectivity index (χ1v) is 6.05. The molecule has 5 nitrogen and oxygen atoms in total. The lowest BCUT2D eigenvalue weighted by molar-refractivity contribution is -0.118. The van der Waals surface area contributed by atoms with Crippen LogP contribution in [0, 0.1) is 0 Å². The number of hydrogen-bond acceptors (Lipinski definition) is 5. The van der Waals surface area contributed by atoms with Gasteiger partial charge in [-0.3, -0.25) is 4.79 Å². The molecule has 0 radical (unpaired) electrons. The van der Waals surface area contributed by atoms with Crippen LogP contribution >= 0.6 is 0 Å². The topological polar surface area (TPSA) is 65.2 Å². The van der Waals surface area contributed by atoms with Gasteiger partial charge in [0.1, 0.15) is 11.9 Å². The number of Topliss-reactive ketones (excluding diaryl/α,β-unsaturated/α-hetero) is 1. The predicted octanol–water partition coefficient (Wildman–Crippen LogP) is 2.64. The van der Waals surface area contributed by atoms with Gasteiger partial charge in [-0.1, -0.05) is 18.5 Å². The quantitative estimate of drug-likeness (QED) is 0.733. The van der Waals surface area contributed by atoms with E-state index < -0.39 is 0 Å². The van der Waals surface area contributed by atoms with Gasteiger partial charge < -0.3 is 9.26 Å². The molecular formula is C12H20N2O3. The van der Waals surface area contributed by atoms with Crippen LogP contribution in [0.5, 0.6) is 0 Å². The van der Waals surface area contributed by atoms with E-state index in [-0.39, 0.29) is 17.8 Å². The first-order chi connectivity index (χ1) is 8.10. The summed E-state index contributed by atoms with van der Waals surface area (Å²) in [6.45, 7) is 7.89. The molecule has 0 saturated heterocycles. The lowest BCUT2D eigenvalue weighted by Crippen LogP contribution is -2.08. The average Bonchev–Trinajstić information content (AvgIpc) is 2.76. The van der Waals surface area contributed by atoms with Crippen LogP contribution < -0.4 is 0 Å². The number of carbonyl (C=O) groups excluding carboxylic acids is 1. The molecule has 2 unspecified atom stereocenters.